The van der Waals surface area contributed by atoms with E-state index in [9.17, 15) is 0 Å². The molecule has 0 heterocycles. The fourth-order valence-corrected chi connectivity index (χ4v) is 1.76. The summed E-state index contributed by atoms with van der Waals surface area (Å²) in [6, 6.07) is 18.2. The molecule has 2 aromatic rings. The number of nitrogens with zero attached hydrogens (tertiary/aromatic N) is 1. The van der Waals surface area contributed by atoms with Crippen LogP contribution in [0.4, 0.5) is 5.69 Å². The van der Waals surface area contributed by atoms with Crippen LogP contribution < -0.4 is 5.32 Å². The van der Waals surface area contributed by atoms with Crippen molar-refractivity contribution in [3.05, 3.63) is 65.2 Å². The number of nitrogens with one attached hydrogen (secondary N) is 1. The van der Waals surface area contributed by atoms with Gasteiger partial charge in [-0.15, -0.1) is 0 Å². The monoisotopic (exact) mass is 236 g/mol. The summed E-state index contributed by atoms with van der Waals surface area (Å²) in [7, 11) is 0. The molecule has 2 rings (SSSR count). The zero-order valence-corrected chi connectivity index (χ0v) is 10.5. The quantitative estimate of drug-likeness (QED) is 0.878. The number of rotatable bonds is 4. The van der Waals surface area contributed by atoms with Gasteiger partial charge in [-0.2, -0.15) is 5.26 Å². The molecule has 0 fully saturated rings. The lowest BCUT2D eigenvalue weighted by molar-refractivity contribution is 1.12. The highest BCUT2D eigenvalue weighted by atomic mass is 14.9. The Bertz CT molecular complexity index is 533. The van der Waals surface area contributed by atoms with E-state index in [0.29, 0.717) is 5.56 Å². The zero-order chi connectivity index (χ0) is 12.8. The molecule has 0 unspecified atom stereocenters. The van der Waals surface area contributed by atoms with Crippen LogP contribution in [-0.4, -0.2) is 0 Å². The van der Waals surface area contributed by atoms with Crippen LogP contribution in [0.25, 0.3) is 0 Å². The summed E-state index contributed by atoms with van der Waals surface area (Å²) >= 11 is 0. The summed E-state index contributed by atoms with van der Waals surface area (Å²) in [5, 5.41) is 12.1. The molecule has 0 saturated carbocycles. The molecule has 90 valence electrons. The maximum absolute atomic E-state index is 8.72. The lowest BCUT2D eigenvalue weighted by Crippen LogP contribution is -1.99. The van der Waals surface area contributed by atoms with Crippen LogP contribution in [0.15, 0.2) is 48.5 Å². The molecule has 0 aromatic heterocycles. The van der Waals surface area contributed by atoms with Gasteiger partial charge >= 0.3 is 0 Å². The Labute approximate surface area is 108 Å². The summed E-state index contributed by atoms with van der Waals surface area (Å²) in [5.41, 5.74) is 4.34. The summed E-state index contributed by atoms with van der Waals surface area (Å²) in [5.74, 6) is 0. The summed E-state index contributed by atoms with van der Waals surface area (Å²) < 4.78 is 0. The first-order valence-electron chi connectivity index (χ1n) is 6.13. The van der Waals surface area contributed by atoms with Gasteiger partial charge in [0.15, 0.2) is 0 Å². The van der Waals surface area contributed by atoms with Gasteiger partial charge in [-0.3, -0.25) is 0 Å². The summed E-state index contributed by atoms with van der Waals surface area (Å²) in [6.45, 7) is 2.93. The first-order chi connectivity index (χ1) is 8.81. The van der Waals surface area contributed by atoms with Gasteiger partial charge in [0.1, 0.15) is 0 Å². The van der Waals surface area contributed by atoms with E-state index in [2.05, 4.69) is 42.6 Å². The van der Waals surface area contributed by atoms with Crippen molar-refractivity contribution in [2.24, 2.45) is 0 Å². The third-order valence-corrected chi connectivity index (χ3v) is 2.94. The average Bonchev–Trinajstić information content (AvgIpc) is 2.46. The minimum absolute atomic E-state index is 0.700. The lowest BCUT2D eigenvalue weighted by atomic mass is 10.1. The van der Waals surface area contributed by atoms with Crippen molar-refractivity contribution in [3.63, 3.8) is 0 Å². The molecule has 0 spiro atoms. The maximum Gasteiger partial charge on any atom is 0.0991 e. The zero-order valence-electron chi connectivity index (χ0n) is 10.5. The van der Waals surface area contributed by atoms with Gasteiger partial charge in [-0.1, -0.05) is 31.2 Å². The second-order valence-corrected chi connectivity index (χ2v) is 4.21. The second-order valence-electron chi connectivity index (χ2n) is 4.21. The van der Waals surface area contributed by atoms with Crippen LogP contribution >= 0.6 is 0 Å². The van der Waals surface area contributed by atoms with E-state index in [4.69, 9.17) is 5.26 Å². The molecule has 0 saturated heterocycles. The predicted octanol–water partition coefficient (Wildman–Crippen LogP) is 3.73. The molecule has 0 aliphatic rings. The Morgan fingerprint density at radius 3 is 2.11 bits per heavy atom. The van der Waals surface area contributed by atoms with Gasteiger partial charge in [-0.25, -0.2) is 0 Å². The van der Waals surface area contributed by atoms with Gasteiger partial charge in [-0.05, 0) is 41.8 Å². The van der Waals surface area contributed by atoms with E-state index in [-0.39, 0.29) is 0 Å². The molecule has 2 heteroatoms. The molecule has 18 heavy (non-hydrogen) atoms. The van der Waals surface area contributed by atoms with Crippen molar-refractivity contribution in [3.8, 4) is 6.07 Å². The van der Waals surface area contributed by atoms with Crippen molar-refractivity contribution < 1.29 is 0 Å². The van der Waals surface area contributed by atoms with Crippen molar-refractivity contribution >= 4 is 5.69 Å². The number of anilines is 1. The van der Waals surface area contributed by atoms with Crippen LogP contribution in [0.3, 0.4) is 0 Å². The normalized spacial score (nSPS) is 9.78. The molecule has 2 nitrogen and oxygen atoms in total. The standard InChI is InChI=1S/C16H16N2/c1-2-13-7-9-16(10-8-13)18-12-15-5-3-14(11-17)4-6-15/h3-10,18H,2,12H2,1H3. The Morgan fingerprint density at radius 1 is 0.944 bits per heavy atom. The number of nitriles is 1. The molecular weight excluding hydrogens is 220 g/mol. The fraction of sp³-hybridized carbons (Fsp3) is 0.188. The summed E-state index contributed by atoms with van der Waals surface area (Å²) in [6.07, 6.45) is 1.07. The van der Waals surface area contributed by atoms with Crippen molar-refractivity contribution in [2.45, 2.75) is 19.9 Å². The van der Waals surface area contributed by atoms with Crippen molar-refractivity contribution in [2.75, 3.05) is 5.32 Å². The minimum atomic E-state index is 0.700. The third-order valence-electron chi connectivity index (χ3n) is 2.94. The molecule has 0 aliphatic carbocycles. The van der Waals surface area contributed by atoms with E-state index in [0.717, 1.165) is 18.7 Å². The van der Waals surface area contributed by atoms with E-state index in [1.54, 1.807) is 0 Å². The average molecular weight is 236 g/mol. The molecule has 0 atom stereocenters. The molecule has 0 radical (unpaired) electrons. The van der Waals surface area contributed by atoms with Crippen molar-refractivity contribution in [1.29, 1.82) is 5.26 Å². The van der Waals surface area contributed by atoms with Gasteiger partial charge in [0.2, 0.25) is 0 Å². The topological polar surface area (TPSA) is 35.8 Å². The van der Waals surface area contributed by atoms with Gasteiger partial charge in [0.05, 0.1) is 11.6 Å². The molecule has 1 N–H and O–H groups in total. The van der Waals surface area contributed by atoms with Gasteiger partial charge < -0.3 is 5.32 Å². The Balaban J connectivity index is 1.95. The summed E-state index contributed by atoms with van der Waals surface area (Å²) in [4.78, 5) is 0. The third kappa shape index (κ3) is 3.11. The van der Waals surface area contributed by atoms with E-state index < -0.39 is 0 Å². The molecular formula is C16H16N2. The number of benzene rings is 2. The van der Waals surface area contributed by atoms with Crippen LogP contribution in [0.2, 0.25) is 0 Å². The maximum atomic E-state index is 8.72. The lowest BCUT2D eigenvalue weighted by Gasteiger charge is -2.07. The van der Waals surface area contributed by atoms with Crippen molar-refractivity contribution in [1.82, 2.24) is 0 Å². The van der Waals surface area contributed by atoms with Crippen LogP contribution in [0, 0.1) is 11.3 Å². The molecule has 2 aromatic carbocycles. The van der Waals surface area contributed by atoms with Crippen LogP contribution in [0.5, 0.6) is 0 Å². The fourth-order valence-electron chi connectivity index (χ4n) is 1.76. The van der Waals surface area contributed by atoms with Crippen LogP contribution in [0.1, 0.15) is 23.6 Å². The number of hydrogen-bond acceptors (Lipinski definition) is 2. The van der Waals surface area contributed by atoms with Gasteiger partial charge in [0, 0.05) is 12.2 Å². The molecule has 0 bridgehead atoms. The Morgan fingerprint density at radius 2 is 1.56 bits per heavy atom. The Hall–Kier alpha value is -2.27. The smallest absolute Gasteiger partial charge is 0.0991 e. The molecule has 0 aliphatic heterocycles. The highest BCUT2D eigenvalue weighted by molar-refractivity contribution is 5.45. The van der Waals surface area contributed by atoms with E-state index in [1.807, 2.05) is 24.3 Å². The largest absolute Gasteiger partial charge is 0.381 e. The highest BCUT2D eigenvalue weighted by Gasteiger charge is 1.95. The Kier molecular flexibility index (Phi) is 3.98. The number of aryl methyl sites for hydroxylation is 1. The minimum Gasteiger partial charge on any atom is -0.381 e. The predicted molar refractivity (Wildman–Crippen MR) is 74.3 cm³/mol. The highest BCUT2D eigenvalue weighted by Crippen LogP contribution is 2.12. The SMILES string of the molecule is CCc1ccc(NCc2ccc(C#N)cc2)cc1. The van der Waals surface area contributed by atoms with Crippen LogP contribution in [-0.2, 0) is 13.0 Å². The molecule has 0 amide bonds. The number of hydrogen-bond donors (Lipinski definition) is 1. The van der Waals surface area contributed by atoms with Gasteiger partial charge in [0.25, 0.3) is 0 Å². The second kappa shape index (κ2) is 5.88. The first kappa shape index (κ1) is 12.2. The first-order valence-corrected chi connectivity index (χ1v) is 6.13. The van der Waals surface area contributed by atoms with E-state index >= 15 is 0 Å². The van der Waals surface area contributed by atoms with E-state index in [1.165, 1.54) is 11.1 Å².